The Hall–Kier alpha value is -3.87. The molecule has 0 radical (unpaired) electrons. The highest BCUT2D eigenvalue weighted by Crippen LogP contribution is 2.33. The van der Waals surface area contributed by atoms with Crippen molar-refractivity contribution in [2.45, 2.75) is 19.4 Å². The molecule has 4 rings (SSSR count). The van der Waals surface area contributed by atoms with E-state index in [9.17, 15) is 4.79 Å². The van der Waals surface area contributed by atoms with Crippen molar-refractivity contribution in [3.05, 3.63) is 89.4 Å². The Morgan fingerprint density at radius 3 is 2.71 bits per heavy atom. The SMILES string of the molecule is COc1ccc(C2=NN(C(=O)CO/N=C\c3ccccc3C)[C@@H](c3ccco3)C2)cc1. The zero-order chi connectivity index (χ0) is 21.6. The Bertz CT molecular complexity index is 1090. The number of carbonyl (C=O) groups is 1. The molecule has 3 aromatic rings. The molecule has 0 bridgehead atoms. The first-order chi connectivity index (χ1) is 15.2. The van der Waals surface area contributed by atoms with E-state index in [1.807, 2.05) is 61.5 Å². The third kappa shape index (κ3) is 4.66. The Balaban J connectivity index is 1.47. The second-order valence-corrected chi connectivity index (χ2v) is 7.11. The summed E-state index contributed by atoms with van der Waals surface area (Å²) in [5, 5.41) is 9.93. The lowest BCUT2D eigenvalue weighted by atomic mass is 10.0. The molecule has 0 aliphatic carbocycles. The third-order valence-electron chi connectivity index (χ3n) is 5.10. The van der Waals surface area contributed by atoms with Crippen LogP contribution in [0.1, 0.15) is 34.9 Å². The van der Waals surface area contributed by atoms with E-state index in [-0.39, 0.29) is 18.6 Å². The number of hydrazone groups is 1. The van der Waals surface area contributed by atoms with Crippen molar-refractivity contribution in [3.63, 3.8) is 0 Å². The molecular weight excluding hydrogens is 394 g/mol. The van der Waals surface area contributed by atoms with Crippen molar-refractivity contribution < 1.29 is 18.8 Å². The summed E-state index contributed by atoms with van der Waals surface area (Å²) >= 11 is 0. The van der Waals surface area contributed by atoms with Gasteiger partial charge in [0.15, 0.2) is 6.61 Å². The third-order valence-corrected chi connectivity index (χ3v) is 5.10. The van der Waals surface area contributed by atoms with Crippen LogP contribution in [0.4, 0.5) is 0 Å². The molecule has 1 amide bonds. The number of nitrogens with zero attached hydrogens (tertiary/aromatic N) is 3. The second kappa shape index (κ2) is 9.30. The molecular formula is C24H23N3O4. The van der Waals surface area contributed by atoms with Crippen LogP contribution in [-0.2, 0) is 9.63 Å². The number of hydrogen-bond acceptors (Lipinski definition) is 6. The van der Waals surface area contributed by atoms with Crippen molar-refractivity contribution in [1.82, 2.24) is 5.01 Å². The van der Waals surface area contributed by atoms with E-state index < -0.39 is 0 Å². The topological polar surface area (TPSA) is 76.6 Å². The normalized spacial score (nSPS) is 15.9. The fraction of sp³-hybridized carbons (Fsp3) is 0.208. The highest BCUT2D eigenvalue weighted by atomic mass is 16.6. The number of hydrogen-bond donors (Lipinski definition) is 0. The van der Waals surface area contributed by atoms with Crippen molar-refractivity contribution >= 4 is 17.8 Å². The number of benzene rings is 2. The number of oxime groups is 1. The molecule has 0 unspecified atom stereocenters. The predicted octanol–water partition coefficient (Wildman–Crippen LogP) is 4.33. The molecule has 1 aliphatic rings. The number of carbonyl (C=O) groups excluding carboxylic acids is 1. The molecule has 1 aromatic heterocycles. The predicted molar refractivity (Wildman–Crippen MR) is 117 cm³/mol. The van der Waals surface area contributed by atoms with Crippen LogP contribution in [0, 0.1) is 6.92 Å². The second-order valence-electron chi connectivity index (χ2n) is 7.11. The molecule has 0 saturated heterocycles. The summed E-state index contributed by atoms with van der Waals surface area (Å²) in [4.78, 5) is 18.1. The molecule has 0 fully saturated rings. The zero-order valence-electron chi connectivity index (χ0n) is 17.4. The number of amides is 1. The van der Waals surface area contributed by atoms with Crippen LogP contribution in [0.15, 0.2) is 81.6 Å². The van der Waals surface area contributed by atoms with E-state index in [2.05, 4.69) is 10.3 Å². The van der Waals surface area contributed by atoms with Crippen LogP contribution < -0.4 is 4.74 Å². The smallest absolute Gasteiger partial charge is 0.284 e. The standard InChI is InChI=1S/C24H23N3O4/c1-17-6-3-4-7-19(17)15-25-31-16-24(28)27-22(23-8-5-13-30-23)14-21(26-27)18-9-11-20(29-2)12-10-18/h3-13,15,22H,14,16H2,1-2H3/b25-15-/t22-/m1/s1. The minimum atomic E-state index is -0.330. The van der Waals surface area contributed by atoms with E-state index in [1.165, 1.54) is 5.01 Å². The van der Waals surface area contributed by atoms with E-state index >= 15 is 0 Å². The molecule has 31 heavy (non-hydrogen) atoms. The first kappa shape index (κ1) is 20.4. The quantitative estimate of drug-likeness (QED) is 0.424. The van der Waals surface area contributed by atoms with Gasteiger partial charge in [0.1, 0.15) is 17.6 Å². The lowest BCUT2D eigenvalue weighted by Gasteiger charge is -2.19. The number of furan rings is 1. The Labute approximate surface area is 180 Å². The number of ether oxygens (including phenoxy) is 1. The zero-order valence-corrected chi connectivity index (χ0v) is 17.4. The van der Waals surface area contributed by atoms with Gasteiger partial charge in [-0.15, -0.1) is 0 Å². The molecule has 0 spiro atoms. The molecule has 2 heterocycles. The Morgan fingerprint density at radius 1 is 1.19 bits per heavy atom. The van der Waals surface area contributed by atoms with Gasteiger partial charge in [0, 0.05) is 6.42 Å². The number of aryl methyl sites for hydroxylation is 1. The van der Waals surface area contributed by atoms with Gasteiger partial charge in [0.2, 0.25) is 0 Å². The van der Waals surface area contributed by atoms with Crippen LogP contribution in [0.3, 0.4) is 0 Å². The summed E-state index contributed by atoms with van der Waals surface area (Å²) in [6.45, 7) is 1.76. The van der Waals surface area contributed by atoms with Crippen LogP contribution in [0.2, 0.25) is 0 Å². The minimum absolute atomic E-state index is 0.223. The van der Waals surface area contributed by atoms with Crippen LogP contribution in [0.5, 0.6) is 5.75 Å². The highest BCUT2D eigenvalue weighted by molar-refractivity contribution is 6.03. The van der Waals surface area contributed by atoms with Crippen molar-refractivity contribution in [2.75, 3.05) is 13.7 Å². The largest absolute Gasteiger partial charge is 0.497 e. The van der Waals surface area contributed by atoms with Gasteiger partial charge >= 0.3 is 0 Å². The molecule has 1 atom stereocenters. The summed E-state index contributed by atoms with van der Waals surface area (Å²) in [6.07, 6.45) is 3.73. The summed E-state index contributed by atoms with van der Waals surface area (Å²) in [6, 6.07) is 18.7. The molecule has 7 nitrogen and oxygen atoms in total. The van der Waals surface area contributed by atoms with Gasteiger partial charge in [-0.1, -0.05) is 29.4 Å². The first-order valence-electron chi connectivity index (χ1n) is 9.94. The van der Waals surface area contributed by atoms with Crippen molar-refractivity contribution in [2.24, 2.45) is 10.3 Å². The van der Waals surface area contributed by atoms with Gasteiger partial charge in [-0.05, 0) is 60.0 Å². The maximum atomic E-state index is 12.9. The fourth-order valence-electron chi connectivity index (χ4n) is 3.39. The average molecular weight is 417 g/mol. The number of rotatable bonds is 7. The highest BCUT2D eigenvalue weighted by Gasteiger charge is 2.35. The molecule has 1 aliphatic heterocycles. The average Bonchev–Trinajstić information content (AvgIpc) is 3.48. The Morgan fingerprint density at radius 2 is 2.00 bits per heavy atom. The van der Waals surface area contributed by atoms with E-state index in [0.717, 1.165) is 28.2 Å². The van der Waals surface area contributed by atoms with Gasteiger partial charge in [-0.3, -0.25) is 4.79 Å². The Kier molecular flexibility index (Phi) is 6.12. The van der Waals surface area contributed by atoms with E-state index in [4.69, 9.17) is 14.0 Å². The van der Waals surface area contributed by atoms with Gasteiger partial charge in [-0.25, -0.2) is 5.01 Å². The molecule has 158 valence electrons. The van der Waals surface area contributed by atoms with Gasteiger partial charge in [-0.2, -0.15) is 5.10 Å². The van der Waals surface area contributed by atoms with Crippen LogP contribution in [0.25, 0.3) is 0 Å². The maximum Gasteiger partial charge on any atom is 0.284 e. The summed E-state index contributed by atoms with van der Waals surface area (Å²) in [5.74, 6) is 1.13. The molecule has 7 heteroatoms. The fourth-order valence-corrected chi connectivity index (χ4v) is 3.39. The molecule has 0 saturated carbocycles. The lowest BCUT2D eigenvalue weighted by molar-refractivity contribution is -0.138. The van der Waals surface area contributed by atoms with E-state index in [0.29, 0.717) is 12.2 Å². The summed E-state index contributed by atoms with van der Waals surface area (Å²) in [7, 11) is 1.62. The number of methoxy groups -OCH3 is 1. The van der Waals surface area contributed by atoms with Gasteiger partial charge in [0.05, 0.1) is 25.3 Å². The van der Waals surface area contributed by atoms with Crippen LogP contribution in [-0.4, -0.2) is 36.6 Å². The monoisotopic (exact) mass is 417 g/mol. The summed E-state index contributed by atoms with van der Waals surface area (Å²) < 4.78 is 10.8. The van der Waals surface area contributed by atoms with E-state index in [1.54, 1.807) is 25.7 Å². The van der Waals surface area contributed by atoms with Crippen molar-refractivity contribution in [3.8, 4) is 5.75 Å². The molecule has 2 aromatic carbocycles. The maximum absolute atomic E-state index is 12.9. The first-order valence-corrected chi connectivity index (χ1v) is 9.94. The van der Waals surface area contributed by atoms with Gasteiger partial charge < -0.3 is 14.0 Å². The molecule has 0 N–H and O–H groups in total. The summed E-state index contributed by atoms with van der Waals surface area (Å²) in [5.41, 5.74) is 3.73. The van der Waals surface area contributed by atoms with Gasteiger partial charge in [0.25, 0.3) is 5.91 Å². The lowest BCUT2D eigenvalue weighted by Crippen LogP contribution is -2.29. The van der Waals surface area contributed by atoms with Crippen molar-refractivity contribution in [1.29, 1.82) is 0 Å². The van der Waals surface area contributed by atoms with Crippen LogP contribution >= 0.6 is 0 Å². The minimum Gasteiger partial charge on any atom is -0.497 e.